The number of hydrogen-bond acceptors (Lipinski definition) is 3. The van der Waals surface area contributed by atoms with Crippen LogP contribution in [0.2, 0.25) is 0 Å². The highest BCUT2D eigenvalue weighted by atomic mass is 16.7. The molecular weight excluding hydrogens is 601 g/mol. The summed E-state index contributed by atoms with van der Waals surface area (Å²) in [4.78, 5) is 12.6. The molecule has 0 aliphatic heterocycles. The molecule has 49 heavy (non-hydrogen) atoms. The second-order valence-electron chi connectivity index (χ2n) is 18.3. The Morgan fingerprint density at radius 1 is 0.796 bits per heavy atom. The summed E-state index contributed by atoms with van der Waals surface area (Å²) < 4.78 is 11.5. The summed E-state index contributed by atoms with van der Waals surface area (Å²) in [5.74, 6) is 5.15. The Kier molecular flexibility index (Phi) is 17.1. The van der Waals surface area contributed by atoms with Gasteiger partial charge in [0.15, 0.2) is 0 Å². The first-order valence-corrected chi connectivity index (χ1v) is 21.9. The third-order valence-electron chi connectivity index (χ3n) is 14.4. The zero-order valence-electron chi connectivity index (χ0n) is 33.4. The zero-order chi connectivity index (χ0) is 35.1. The van der Waals surface area contributed by atoms with Crippen LogP contribution in [0.4, 0.5) is 4.79 Å². The largest absolute Gasteiger partial charge is 0.508 e. The Morgan fingerprint density at radius 2 is 1.47 bits per heavy atom. The quantitative estimate of drug-likeness (QED) is 0.0648. The van der Waals surface area contributed by atoms with Crippen molar-refractivity contribution in [1.29, 1.82) is 0 Å². The van der Waals surface area contributed by atoms with Crippen LogP contribution >= 0.6 is 0 Å². The van der Waals surface area contributed by atoms with E-state index in [1.54, 1.807) is 5.57 Å². The van der Waals surface area contributed by atoms with E-state index in [4.69, 9.17) is 9.47 Å². The number of carbonyl (C=O) groups is 1. The minimum absolute atomic E-state index is 0.0142. The Morgan fingerprint density at radius 3 is 2.16 bits per heavy atom. The number of hydrogen-bond donors (Lipinski definition) is 0. The van der Waals surface area contributed by atoms with E-state index in [0.29, 0.717) is 17.4 Å². The van der Waals surface area contributed by atoms with Crippen LogP contribution in [0.15, 0.2) is 23.8 Å². The van der Waals surface area contributed by atoms with E-state index in [-0.39, 0.29) is 6.10 Å². The van der Waals surface area contributed by atoms with Gasteiger partial charge in [0.05, 0.1) is 6.61 Å². The second kappa shape index (κ2) is 20.7. The monoisotopic (exact) mass is 681 g/mol. The molecule has 4 rings (SSSR count). The molecule has 3 fully saturated rings. The number of ether oxygens (including phenoxy) is 2. The summed E-state index contributed by atoms with van der Waals surface area (Å²) in [7, 11) is 0. The molecule has 4 aliphatic rings. The van der Waals surface area contributed by atoms with Gasteiger partial charge in [-0.25, -0.2) is 4.79 Å². The first-order chi connectivity index (χ1) is 23.7. The number of unbranched alkanes of at least 4 members (excludes halogenated alkanes) is 12. The number of fused-ring (bicyclic) bond motifs is 5. The maximum absolute atomic E-state index is 12.6. The van der Waals surface area contributed by atoms with Crippen LogP contribution in [-0.4, -0.2) is 18.9 Å². The predicted molar refractivity (Wildman–Crippen MR) is 209 cm³/mol. The first kappa shape index (κ1) is 40.5. The van der Waals surface area contributed by atoms with E-state index in [1.165, 1.54) is 128 Å². The van der Waals surface area contributed by atoms with Crippen molar-refractivity contribution in [1.82, 2.24) is 0 Å². The van der Waals surface area contributed by atoms with Crippen LogP contribution in [-0.2, 0) is 9.47 Å². The van der Waals surface area contributed by atoms with E-state index in [0.717, 1.165) is 67.6 Å². The Bertz CT molecular complexity index is 1010. The van der Waals surface area contributed by atoms with Gasteiger partial charge in [-0.3, -0.25) is 0 Å². The fourth-order valence-electron chi connectivity index (χ4n) is 11.4. The highest BCUT2D eigenvalue weighted by Crippen LogP contribution is 2.67. The number of carbonyl (C=O) groups excluding carboxylic acids is 1. The fraction of sp³-hybridized carbons (Fsp3) is 0.891. The molecule has 0 aromatic carbocycles. The number of allylic oxidation sites excluding steroid dienone is 3. The number of rotatable bonds is 22. The Hall–Kier alpha value is -1.25. The van der Waals surface area contributed by atoms with Gasteiger partial charge in [-0.15, -0.1) is 0 Å². The van der Waals surface area contributed by atoms with Gasteiger partial charge < -0.3 is 9.47 Å². The lowest BCUT2D eigenvalue weighted by Gasteiger charge is -2.58. The molecule has 0 spiro atoms. The average Bonchev–Trinajstić information content (AvgIpc) is 3.43. The smallest absolute Gasteiger partial charge is 0.434 e. The van der Waals surface area contributed by atoms with Crippen LogP contribution in [0.3, 0.4) is 0 Å². The highest BCUT2D eigenvalue weighted by molar-refractivity contribution is 5.60. The second-order valence-corrected chi connectivity index (χ2v) is 18.3. The highest BCUT2D eigenvalue weighted by Gasteiger charge is 2.59. The third-order valence-corrected chi connectivity index (χ3v) is 14.4. The molecular formula is C46H80O3. The lowest BCUT2D eigenvalue weighted by molar-refractivity contribution is -0.0617. The standard InChI is InChI=1S/C46H80O3/c1-7-8-9-10-11-12-13-14-15-16-17-18-19-20-21-22-34-48-44(47)49-39-30-32-45(5)38(35-39)26-27-40-42-29-28-41(37(4)25-23-24-36(2)3)46(42,6)33-31-43(40)45/h14-15,26,36-37,39-43H,7-13,16-25,27-35H2,1-6H3/b15-14+/t37?,39?,40-,41?,42-,43-,45-,46+/m0/s1. The predicted octanol–water partition coefficient (Wildman–Crippen LogP) is 14.6. The van der Waals surface area contributed by atoms with E-state index in [2.05, 4.69) is 59.8 Å². The minimum Gasteiger partial charge on any atom is -0.434 e. The summed E-state index contributed by atoms with van der Waals surface area (Å²) in [5.41, 5.74) is 2.42. The summed E-state index contributed by atoms with van der Waals surface area (Å²) in [6.45, 7) is 15.4. The first-order valence-electron chi connectivity index (χ1n) is 21.9. The van der Waals surface area contributed by atoms with Gasteiger partial charge in [-0.1, -0.05) is 142 Å². The topological polar surface area (TPSA) is 35.5 Å². The maximum Gasteiger partial charge on any atom is 0.508 e. The van der Waals surface area contributed by atoms with Crippen molar-refractivity contribution in [2.75, 3.05) is 6.61 Å². The van der Waals surface area contributed by atoms with E-state index in [9.17, 15) is 4.79 Å². The van der Waals surface area contributed by atoms with Gasteiger partial charge in [0, 0.05) is 6.42 Å². The molecule has 3 unspecified atom stereocenters. The lowest BCUT2D eigenvalue weighted by Crippen LogP contribution is -2.51. The van der Waals surface area contributed by atoms with Crippen molar-refractivity contribution in [3.8, 4) is 0 Å². The van der Waals surface area contributed by atoms with Crippen molar-refractivity contribution in [3.05, 3.63) is 23.8 Å². The van der Waals surface area contributed by atoms with Crippen molar-refractivity contribution in [2.24, 2.45) is 46.3 Å². The van der Waals surface area contributed by atoms with Gasteiger partial charge in [0.1, 0.15) is 6.10 Å². The molecule has 0 heterocycles. The van der Waals surface area contributed by atoms with E-state index >= 15 is 0 Å². The fourth-order valence-corrected chi connectivity index (χ4v) is 11.4. The molecule has 0 bridgehead atoms. The normalized spacial score (nSPS) is 31.7. The molecule has 0 N–H and O–H groups in total. The van der Waals surface area contributed by atoms with Gasteiger partial charge in [0.25, 0.3) is 0 Å². The van der Waals surface area contributed by atoms with Gasteiger partial charge in [0.2, 0.25) is 0 Å². The summed E-state index contributed by atoms with van der Waals surface area (Å²) in [5, 5.41) is 0. The van der Waals surface area contributed by atoms with Crippen molar-refractivity contribution >= 4 is 6.16 Å². The van der Waals surface area contributed by atoms with Gasteiger partial charge in [-0.05, 0) is 123 Å². The molecule has 282 valence electrons. The Balaban J connectivity index is 1.08. The van der Waals surface area contributed by atoms with Crippen LogP contribution in [0.1, 0.15) is 202 Å². The molecule has 4 aliphatic carbocycles. The van der Waals surface area contributed by atoms with Crippen molar-refractivity contribution in [2.45, 2.75) is 208 Å². The van der Waals surface area contributed by atoms with Crippen molar-refractivity contribution in [3.63, 3.8) is 0 Å². The molecule has 0 radical (unpaired) electrons. The molecule has 3 heteroatoms. The van der Waals surface area contributed by atoms with Crippen molar-refractivity contribution < 1.29 is 14.3 Å². The lowest BCUT2D eigenvalue weighted by atomic mass is 9.47. The van der Waals surface area contributed by atoms with Crippen LogP contribution in [0.5, 0.6) is 0 Å². The Labute approximate surface area is 304 Å². The maximum atomic E-state index is 12.6. The summed E-state index contributed by atoms with van der Waals surface area (Å²) >= 11 is 0. The summed E-state index contributed by atoms with van der Waals surface area (Å²) in [6, 6.07) is 0. The molecule has 0 saturated heterocycles. The molecule has 3 saturated carbocycles. The molecule has 3 nitrogen and oxygen atoms in total. The SMILES string of the molecule is CCCCCCCC/C=C/CCCCCCCCOC(=O)OC1CC[C@@]2(C)C(=CC[C@@H]3[C@@H]2CC[C@]2(C)C(C(C)CCCC(C)C)CC[C@@H]32)C1. The van der Waals surface area contributed by atoms with E-state index < -0.39 is 6.16 Å². The minimum atomic E-state index is -0.441. The van der Waals surface area contributed by atoms with E-state index in [1.807, 2.05) is 0 Å². The zero-order valence-corrected chi connectivity index (χ0v) is 33.4. The molecule has 0 aromatic heterocycles. The van der Waals surface area contributed by atoms with Crippen LogP contribution < -0.4 is 0 Å². The van der Waals surface area contributed by atoms with Gasteiger partial charge >= 0.3 is 6.16 Å². The van der Waals surface area contributed by atoms with Gasteiger partial charge in [-0.2, -0.15) is 0 Å². The summed E-state index contributed by atoms with van der Waals surface area (Å²) in [6.07, 6.45) is 39.2. The average molecular weight is 681 g/mol. The third kappa shape index (κ3) is 11.6. The molecule has 8 atom stereocenters. The van der Waals surface area contributed by atoms with Crippen LogP contribution in [0.25, 0.3) is 0 Å². The molecule has 0 aromatic rings. The van der Waals surface area contributed by atoms with Crippen LogP contribution in [0, 0.1) is 46.3 Å². The molecule has 0 amide bonds.